The van der Waals surface area contributed by atoms with Gasteiger partial charge < -0.3 is 4.74 Å². The summed E-state index contributed by atoms with van der Waals surface area (Å²) in [4.78, 5) is 13.6. The first kappa shape index (κ1) is 9.97. The van der Waals surface area contributed by atoms with Crippen LogP contribution in [0.3, 0.4) is 0 Å². The molecule has 0 radical (unpaired) electrons. The zero-order chi connectivity index (χ0) is 10.2. The predicted octanol–water partition coefficient (Wildman–Crippen LogP) is 1.42. The van der Waals surface area contributed by atoms with Gasteiger partial charge in [0.1, 0.15) is 6.04 Å². The van der Waals surface area contributed by atoms with Gasteiger partial charge in [-0.3, -0.25) is 9.69 Å². The molecule has 3 nitrogen and oxygen atoms in total. The molecule has 1 heterocycles. The van der Waals surface area contributed by atoms with E-state index in [2.05, 4.69) is 11.8 Å². The van der Waals surface area contributed by atoms with E-state index in [0.717, 1.165) is 19.5 Å². The monoisotopic (exact) mass is 197 g/mol. The molecule has 0 N–H and O–H groups in total. The number of likely N-dealkylation sites (tertiary alicyclic amines) is 1. The van der Waals surface area contributed by atoms with E-state index < -0.39 is 0 Å². The van der Waals surface area contributed by atoms with E-state index >= 15 is 0 Å². The van der Waals surface area contributed by atoms with Crippen molar-refractivity contribution in [2.75, 3.05) is 20.2 Å². The van der Waals surface area contributed by atoms with Crippen molar-refractivity contribution in [1.82, 2.24) is 4.90 Å². The van der Waals surface area contributed by atoms with Gasteiger partial charge in [0.25, 0.3) is 0 Å². The Hall–Kier alpha value is -0.570. The van der Waals surface area contributed by atoms with Gasteiger partial charge in [0.05, 0.1) is 7.11 Å². The number of ether oxygens (including phenoxy) is 1. The lowest BCUT2D eigenvalue weighted by Crippen LogP contribution is -2.56. The molecule has 0 aromatic rings. The van der Waals surface area contributed by atoms with Gasteiger partial charge in [-0.25, -0.2) is 0 Å². The summed E-state index contributed by atoms with van der Waals surface area (Å²) in [6.07, 6.45) is 4.96. The van der Waals surface area contributed by atoms with Gasteiger partial charge in [0, 0.05) is 13.1 Å². The summed E-state index contributed by atoms with van der Waals surface area (Å²) >= 11 is 0. The number of nitrogens with zero attached hydrogens (tertiary/aromatic N) is 1. The first-order valence-corrected chi connectivity index (χ1v) is 5.46. The van der Waals surface area contributed by atoms with Crippen molar-refractivity contribution in [3.8, 4) is 0 Å². The fraction of sp³-hybridized carbons (Fsp3) is 0.909. The summed E-state index contributed by atoms with van der Waals surface area (Å²) in [5.74, 6) is -0.0563. The van der Waals surface area contributed by atoms with Crippen LogP contribution in [0.2, 0.25) is 0 Å². The zero-order valence-corrected chi connectivity index (χ0v) is 9.08. The number of esters is 1. The summed E-state index contributed by atoms with van der Waals surface area (Å²) < 4.78 is 4.77. The number of rotatable bonds is 3. The number of hydrogen-bond donors (Lipinski definition) is 0. The second kappa shape index (κ2) is 3.54. The second-order valence-electron chi connectivity index (χ2n) is 4.96. The van der Waals surface area contributed by atoms with Crippen LogP contribution in [0.4, 0.5) is 0 Å². The van der Waals surface area contributed by atoms with Gasteiger partial charge in [-0.1, -0.05) is 13.3 Å². The van der Waals surface area contributed by atoms with Crippen molar-refractivity contribution in [3.63, 3.8) is 0 Å². The maximum absolute atomic E-state index is 11.3. The molecule has 0 aromatic carbocycles. The summed E-state index contributed by atoms with van der Waals surface area (Å²) in [7, 11) is 1.48. The molecule has 2 fully saturated rings. The molecule has 0 bridgehead atoms. The van der Waals surface area contributed by atoms with Crippen molar-refractivity contribution in [2.45, 2.75) is 38.6 Å². The Bertz CT molecular complexity index is 235. The summed E-state index contributed by atoms with van der Waals surface area (Å²) in [6, 6.07) is 0.0532. The smallest absolute Gasteiger partial charge is 0.323 e. The van der Waals surface area contributed by atoms with E-state index in [1.54, 1.807) is 0 Å². The van der Waals surface area contributed by atoms with Crippen LogP contribution in [-0.4, -0.2) is 37.1 Å². The van der Waals surface area contributed by atoms with Crippen molar-refractivity contribution >= 4 is 5.97 Å². The second-order valence-corrected chi connectivity index (χ2v) is 4.96. The van der Waals surface area contributed by atoms with Crippen LogP contribution in [0.15, 0.2) is 0 Å². The third-order valence-electron chi connectivity index (χ3n) is 3.75. The van der Waals surface area contributed by atoms with Gasteiger partial charge in [0.15, 0.2) is 0 Å². The fourth-order valence-electron chi connectivity index (χ4n) is 2.46. The van der Waals surface area contributed by atoms with Crippen LogP contribution in [0, 0.1) is 5.41 Å². The summed E-state index contributed by atoms with van der Waals surface area (Å²) in [5, 5.41) is 0. The number of methoxy groups -OCH3 is 1. The Morgan fingerprint density at radius 1 is 1.57 bits per heavy atom. The van der Waals surface area contributed by atoms with E-state index in [4.69, 9.17) is 4.74 Å². The lowest BCUT2D eigenvalue weighted by atomic mass is 9.69. The first-order valence-electron chi connectivity index (χ1n) is 5.46. The molecule has 0 spiro atoms. The molecule has 1 saturated carbocycles. The van der Waals surface area contributed by atoms with Gasteiger partial charge in [-0.15, -0.1) is 0 Å². The first-order chi connectivity index (χ1) is 6.64. The van der Waals surface area contributed by atoms with E-state index in [1.807, 2.05) is 0 Å². The van der Waals surface area contributed by atoms with Gasteiger partial charge in [-0.2, -0.15) is 0 Å². The van der Waals surface area contributed by atoms with Crippen LogP contribution in [-0.2, 0) is 9.53 Å². The normalized spacial score (nSPS) is 30.3. The average Bonchev–Trinajstić information content (AvgIpc) is 2.09. The van der Waals surface area contributed by atoms with Gasteiger partial charge >= 0.3 is 5.97 Å². The lowest BCUT2D eigenvalue weighted by molar-refractivity contribution is -0.153. The molecule has 80 valence electrons. The van der Waals surface area contributed by atoms with E-state index in [1.165, 1.54) is 26.4 Å². The molecular formula is C11H19NO2. The molecule has 2 aliphatic rings. The molecule has 0 aromatic heterocycles. The summed E-state index contributed by atoms with van der Waals surface area (Å²) in [6.45, 7) is 4.46. The number of hydrogen-bond acceptors (Lipinski definition) is 3. The minimum atomic E-state index is -0.0563. The third kappa shape index (κ3) is 1.65. The largest absolute Gasteiger partial charge is 0.468 e. The molecule has 1 aliphatic carbocycles. The number of carbonyl (C=O) groups is 1. The van der Waals surface area contributed by atoms with Gasteiger partial charge in [0.2, 0.25) is 0 Å². The topological polar surface area (TPSA) is 29.5 Å². The van der Waals surface area contributed by atoms with Crippen molar-refractivity contribution in [3.05, 3.63) is 0 Å². The highest BCUT2D eigenvalue weighted by atomic mass is 16.5. The van der Waals surface area contributed by atoms with E-state index in [-0.39, 0.29) is 12.0 Å². The quantitative estimate of drug-likeness (QED) is 0.641. The van der Waals surface area contributed by atoms with E-state index in [9.17, 15) is 4.79 Å². The Balaban J connectivity index is 1.84. The molecular weight excluding hydrogens is 178 g/mol. The van der Waals surface area contributed by atoms with Crippen molar-refractivity contribution < 1.29 is 9.53 Å². The molecule has 1 unspecified atom stereocenters. The standard InChI is InChI=1S/C11H19NO2/c1-11(5-3-6-11)8-12-7-4-9(12)10(13)14-2/h9H,3-8H2,1-2H3. The highest BCUT2D eigenvalue weighted by Gasteiger charge is 2.41. The van der Waals surface area contributed by atoms with Crippen LogP contribution >= 0.6 is 0 Å². The van der Waals surface area contributed by atoms with Gasteiger partial charge in [-0.05, 0) is 24.7 Å². The van der Waals surface area contributed by atoms with Crippen LogP contribution in [0.1, 0.15) is 32.6 Å². The maximum atomic E-state index is 11.3. The Morgan fingerprint density at radius 3 is 2.64 bits per heavy atom. The number of carbonyl (C=O) groups excluding carboxylic acids is 1. The van der Waals surface area contributed by atoms with Crippen LogP contribution in [0.25, 0.3) is 0 Å². The summed E-state index contributed by atoms with van der Waals surface area (Å²) in [5.41, 5.74) is 0.479. The minimum Gasteiger partial charge on any atom is -0.468 e. The maximum Gasteiger partial charge on any atom is 0.323 e. The minimum absolute atomic E-state index is 0.0532. The van der Waals surface area contributed by atoms with E-state index in [0.29, 0.717) is 5.41 Å². The SMILES string of the molecule is COC(=O)C1CCN1CC1(C)CCC1. The molecule has 1 saturated heterocycles. The van der Waals surface area contributed by atoms with Crippen molar-refractivity contribution in [1.29, 1.82) is 0 Å². The predicted molar refractivity (Wildman–Crippen MR) is 54.0 cm³/mol. The van der Waals surface area contributed by atoms with Crippen LogP contribution < -0.4 is 0 Å². The molecule has 1 atom stereocenters. The Kier molecular flexibility index (Phi) is 2.52. The molecule has 3 heteroatoms. The Morgan fingerprint density at radius 2 is 2.29 bits per heavy atom. The average molecular weight is 197 g/mol. The highest BCUT2D eigenvalue weighted by Crippen LogP contribution is 2.42. The third-order valence-corrected chi connectivity index (χ3v) is 3.75. The highest BCUT2D eigenvalue weighted by molar-refractivity contribution is 5.76. The lowest BCUT2D eigenvalue weighted by Gasteiger charge is -2.48. The van der Waals surface area contributed by atoms with Crippen LogP contribution in [0.5, 0.6) is 0 Å². The molecule has 1 aliphatic heterocycles. The molecule has 2 rings (SSSR count). The molecule has 0 amide bonds. The molecule has 14 heavy (non-hydrogen) atoms. The Labute approximate surface area is 85.4 Å². The zero-order valence-electron chi connectivity index (χ0n) is 9.08. The van der Waals surface area contributed by atoms with Crippen molar-refractivity contribution in [2.24, 2.45) is 5.41 Å². The fourth-order valence-corrected chi connectivity index (χ4v) is 2.46.